The Balaban J connectivity index is 1.73. The molecule has 6 nitrogen and oxygen atoms in total. The van der Waals surface area contributed by atoms with Crippen LogP contribution in [0.3, 0.4) is 0 Å². The first kappa shape index (κ1) is 15.4. The number of hydrogen-bond acceptors (Lipinski definition) is 5. The molecule has 1 unspecified atom stereocenters. The fourth-order valence-corrected chi connectivity index (χ4v) is 2.79. The van der Waals surface area contributed by atoms with Crippen molar-refractivity contribution in [2.75, 3.05) is 19.6 Å². The number of para-hydroxylation sites is 1. The van der Waals surface area contributed by atoms with Gasteiger partial charge in [0, 0.05) is 25.2 Å². The molecule has 0 spiro atoms. The molecule has 1 amide bonds. The largest absolute Gasteiger partial charge is 0.437 e. The molecule has 1 aromatic heterocycles. The zero-order valence-corrected chi connectivity index (χ0v) is 12.9. The van der Waals surface area contributed by atoms with Gasteiger partial charge in [0.2, 0.25) is 11.8 Å². The molecule has 1 fully saturated rings. The minimum atomic E-state index is -0.0145. The van der Waals surface area contributed by atoms with Crippen LogP contribution in [0.1, 0.15) is 24.5 Å². The van der Waals surface area contributed by atoms with Gasteiger partial charge < -0.3 is 15.4 Å². The van der Waals surface area contributed by atoms with Crippen molar-refractivity contribution in [1.82, 2.24) is 14.9 Å². The number of carbonyl (C=O) groups is 1. The summed E-state index contributed by atoms with van der Waals surface area (Å²) in [5, 5.41) is 0. The van der Waals surface area contributed by atoms with Gasteiger partial charge in [0.25, 0.3) is 0 Å². The van der Waals surface area contributed by atoms with Gasteiger partial charge in [0.1, 0.15) is 5.75 Å². The van der Waals surface area contributed by atoms with Gasteiger partial charge in [-0.25, -0.2) is 4.98 Å². The summed E-state index contributed by atoms with van der Waals surface area (Å²) >= 11 is 0. The normalized spacial score (nSPS) is 17.8. The molecule has 2 N–H and O–H groups in total. The van der Waals surface area contributed by atoms with Crippen molar-refractivity contribution in [1.29, 1.82) is 0 Å². The quantitative estimate of drug-likeness (QED) is 0.933. The first-order valence-electron chi connectivity index (χ1n) is 7.79. The maximum atomic E-state index is 11.8. The lowest BCUT2D eigenvalue weighted by Crippen LogP contribution is -2.42. The molecular weight excluding hydrogens is 292 g/mol. The molecular formula is C17H20N4O2. The Morgan fingerprint density at radius 3 is 2.91 bits per heavy atom. The van der Waals surface area contributed by atoms with E-state index < -0.39 is 0 Å². The molecule has 1 saturated heterocycles. The molecule has 0 aliphatic carbocycles. The fraction of sp³-hybridized carbons (Fsp3) is 0.353. The number of nitrogens with zero attached hydrogens (tertiary/aromatic N) is 3. The third kappa shape index (κ3) is 3.84. The topological polar surface area (TPSA) is 81.3 Å². The van der Waals surface area contributed by atoms with Gasteiger partial charge in [-0.15, -0.1) is 0 Å². The number of ether oxygens (including phenoxy) is 1. The summed E-state index contributed by atoms with van der Waals surface area (Å²) in [6.07, 6.45) is 5.28. The van der Waals surface area contributed by atoms with Gasteiger partial charge in [0.15, 0.2) is 0 Å². The molecule has 6 heteroatoms. The highest BCUT2D eigenvalue weighted by Gasteiger charge is 2.25. The molecule has 0 saturated carbocycles. The van der Waals surface area contributed by atoms with Gasteiger partial charge in [-0.2, -0.15) is 0 Å². The van der Waals surface area contributed by atoms with E-state index in [1.807, 2.05) is 30.3 Å². The van der Waals surface area contributed by atoms with Gasteiger partial charge in [-0.05, 0) is 25.0 Å². The number of carbonyl (C=O) groups excluding carboxylic acids is 1. The fourth-order valence-electron chi connectivity index (χ4n) is 2.79. The van der Waals surface area contributed by atoms with Crippen LogP contribution in [0.5, 0.6) is 11.6 Å². The molecule has 1 aliphatic heterocycles. The van der Waals surface area contributed by atoms with Crippen molar-refractivity contribution < 1.29 is 9.53 Å². The predicted molar refractivity (Wildman–Crippen MR) is 86.2 cm³/mol. The van der Waals surface area contributed by atoms with E-state index in [0.717, 1.165) is 30.8 Å². The molecule has 3 rings (SSSR count). The van der Waals surface area contributed by atoms with E-state index >= 15 is 0 Å². The van der Waals surface area contributed by atoms with Gasteiger partial charge >= 0.3 is 0 Å². The summed E-state index contributed by atoms with van der Waals surface area (Å²) in [5.41, 5.74) is 6.31. The van der Waals surface area contributed by atoms with Crippen molar-refractivity contribution in [2.24, 2.45) is 5.73 Å². The monoisotopic (exact) mass is 312 g/mol. The van der Waals surface area contributed by atoms with Crippen LogP contribution in [-0.2, 0) is 4.79 Å². The number of piperidine rings is 1. The minimum absolute atomic E-state index is 0.0145. The summed E-state index contributed by atoms with van der Waals surface area (Å²) in [5.74, 6) is 1.35. The summed E-state index contributed by atoms with van der Waals surface area (Å²) in [6.45, 7) is 1.45. The van der Waals surface area contributed by atoms with Crippen LogP contribution in [0.15, 0.2) is 42.7 Å². The van der Waals surface area contributed by atoms with E-state index in [1.54, 1.807) is 17.3 Å². The Morgan fingerprint density at radius 1 is 1.30 bits per heavy atom. The minimum Gasteiger partial charge on any atom is -0.437 e. The molecule has 0 bridgehead atoms. The zero-order chi connectivity index (χ0) is 16.1. The Hall–Kier alpha value is -2.47. The van der Waals surface area contributed by atoms with Gasteiger partial charge in [-0.1, -0.05) is 18.2 Å². The Morgan fingerprint density at radius 2 is 2.13 bits per heavy atom. The standard InChI is InChI=1S/C17H20N4O2/c18-9-17(22)21-8-4-5-13(12-21)15-10-19-11-16(20-15)23-14-6-2-1-3-7-14/h1-3,6-7,10-11,13H,4-5,8-9,12,18H2. The molecule has 1 aliphatic rings. The summed E-state index contributed by atoms with van der Waals surface area (Å²) in [7, 11) is 0. The average Bonchev–Trinajstić information content (AvgIpc) is 2.62. The lowest BCUT2D eigenvalue weighted by atomic mass is 9.95. The highest BCUT2D eigenvalue weighted by Crippen LogP contribution is 2.27. The molecule has 23 heavy (non-hydrogen) atoms. The molecule has 0 radical (unpaired) electrons. The van der Waals surface area contributed by atoms with Crippen LogP contribution in [0, 0.1) is 0 Å². The summed E-state index contributed by atoms with van der Waals surface area (Å²) in [4.78, 5) is 22.4. The first-order chi connectivity index (χ1) is 11.3. The highest BCUT2D eigenvalue weighted by molar-refractivity contribution is 5.78. The Kier molecular flexibility index (Phi) is 4.83. The van der Waals surface area contributed by atoms with Crippen LogP contribution < -0.4 is 10.5 Å². The lowest BCUT2D eigenvalue weighted by Gasteiger charge is -2.32. The van der Waals surface area contributed by atoms with E-state index in [9.17, 15) is 4.79 Å². The van der Waals surface area contributed by atoms with Crippen molar-refractivity contribution in [3.05, 3.63) is 48.4 Å². The van der Waals surface area contributed by atoms with Crippen LogP contribution in [0.25, 0.3) is 0 Å². The van der Waals surface area contributed by atoms with Crippen LogP contribution >= 0.6 is 0 Å². The molecule has 2 heterocycles. The molecule has 2 aromatic rings. The van der Waals surface area contributed by atoms with E-state index in [4.69, 9.17) is 10.5 Å². The van der Waals surface area contributed by atoms with Crippen molar-refractivity contribution in [3.63, 3.8) is 0 Å². The average molecular weight is 312 g/mol. The third-order valence-electron chi connectivity index (χ3n) is 3.96. The number of likely N-dealkylation sites (tertiary alicyclic amines) is 1. The van der Waals surface area contributed by atoms with Crippen LogP contribution in [0.2, 0.25) is 0 Å². The second-order valence-electron chi connectivity index (χ2n) is 5.58. The first-order valence-corrected chi connectivity index (χ1v) is 7.79. The van der Waals surface area contributed by atoms with Crippen LogP contribution in [0.4, 0.5) is 0 Å². The van der Waals surface area contributed by atoms with Crippen molar-refractivity contribution >= 4 is 5.91 Å². The number of benzene rings is 1. The Bertz CT molecular complexity index is 663. The summed E-state index contributed by atoms with van der Waals surface area (Å²) < 4.78 is 5.73. The molecule has 1 atom stereocenters. The van der Waals surface area contributed by atoms with Crippen molar-refractivity contribution in [2.45, 2.75) is 18.8 Å². The maximum absolute atomic E-state index is 11.8. The van der Waals surface area contributed by atoms with E-state index in [2.05, 4.69) is 9.97 Å². The Labute approximate surface area is 135 Å². The third-order valence-corrected chi connectivity index (χ3v) is 3.96. The lowest BCUT2D eigenvalue weighted by molar-refractivity contribution is -0.130. The van der Waals surface area contributed by atoms with E-state index in [1.165, 1.54) is 0 Å². The number of rotatable bonds is 4. The second-order valence-corrected chi connectivity index (χ2v) is 5.58. The highest BCUT2D eigenvalue weighted by atomic mass is 16.5. The number of amides is 1. The van der Waals surface area contributed by atoms with Gasteiger partial charge in [0.05, 0.1) is 18.4 Å². The zero-order valence-electron chi connectivity index (χ0n) is 12.9. The summed E-state index contributed by atoms with van der Waals surface area (Å²) in [6, 6.07) is 9.49. The molecule has 120 valence electrons. The smallest absolute Gasteiger partial charge is 0.238 e. The van der Waals surface area contributed by atoms with Crippen molar-refractivity contribution in [3.8, 4) is 11.6 Å². The number of hydrogen-bond donors (Lipinski definition) is 1. The molecule has 1 aromatic carbocycles. The predicted octanol–water partition coefficient (Wildman–Crippen LogP) is 1.93. The SMILES string of the molecule is NCC(=O)N1CCCC(c2cncc(Oc3ccccc3)n2)C1. The van der Waals surface area contributed by atoms with Gasteiger partial charge in [-0.3, -0.25) is 9.78 Å². The van der Waals surface area contributed by atoms with Crippen LogP contribution in [-0.4, -0.2) is 40.4 Å². The maximum Gasteiger partial charge on any atom is 0.238 e. The van der Waals surface area contributed by atoms with E-state index in [-0.39, 0.29) is 18.4 Å². The van der Waals surface area contributed by atoms with E-state index in [0.29, 0.717) is 12.4 Å². The number of aromatic nitrogens is 2. The number of nitrogens with two attached hydrogens (primary N) is 1. The second kappa shape index (κ2) is 7.19.